The van der Waals surface area contributed by atoms with Gasteiger partial charge in [0.25, 0.3) is 5.91 Å². The summed E-state index contributed by atoms with van der Waals surface area (Å²) in [6, 6.07) is 23.3. The highest BCUT2D eigenvalue weighted by atomic mass is 79.9. The normalized spacial score (nSPS) is 10.8. The lowest BCUT2D eigenvalue weighted by Crippen LogP contribution is -2.24. The van der Waals surface area contributed by atoms with Gasteiger partial charge >= 0.3 is 5.97 Å². The molecule has 0 aliphatic carbocycles. The van der Waals surface area contributed by atoms with Crippen LogP contribution < -0.4 is 24.4 Å². The van der Waals surface area contributed by atoms with E-state index < -0.39 is 11.9 Å². The largest absolute Gasteiger partial charge is 0.494 e. The average Bonchev–Trinajstić information content (AvgIpc) is 2.95. The van der Waals surface area contributed by atoms with E-state index in [0.29, 0.717) is 41.6 Å². The summed E-state index contributed by atoms with van der Waals surface area (Å²) in [6.45, 7) is 4.41. The van der Waals surface area contributed by atoms with E-state index >= 15 is 0 Å². The Balaban J connectivity index is 1.34. The van der Waals surface area contributed by atoms with Gasteiger partial charge in [0.1, 0.15) is 11.5 Å². The van der Waals surface area contributed by atoms with Gasteiger partial charge in [0.15, 0.2) is 18.1 Å². The van der Waals surface area contributed by atoms with E-state index in [4.69, 9.17) is 18.9 Å². The maximum absolute atomic E-state index is 12.6. The van der Waals surface area contributed by atoms with Crippen LogP contribution >= 0.6 is 15.9 Å². The number of benzene rings is 4. The predicted octanol–water partition coefficient (Wildman–Crippen LogP) is 6.15. The number of nitrogens with one attached hydrogen (secondary N) is 1. The molecule has 39 heavy (non-hydrogen) atoms. The van der Waals surface area contributed by atoms with E-state index in [1.54, 1.807) is 42.5 Å². The Hall–Kier alpha value is -4.37. The SMILES string of the molecule is CCOc1ccc(C(=O)Oc2ccc(/C=N\NC(=O)COc3ccc4ccccc4c3Br)cc2OCC)cc1. The average molecular weight is 591 g/mol. The minimum atomic E-state index is -0.522. The van der Waals surface area contributed by atoms with Crippen LogP contribution in [0.4, 0.5) is 0 Å². The highest BCUT2D eigenvalue weighted by molar-refractivity contribution is 9.10. The van der Waals surface area contributed by atoms with Crippen molar-refractivity contribution in [1.82, 2.24) is 5.43 Å². The van der Waals surface area contributed by atoms with Crippen LogP contribution in [0.25, 0.3) is 10.8 Å². The van der Waals surface area contributed by atoms with Gasteiger partial charge in [0.2, 0.25) is 0 Å². The van der Waals surface area contributed by atoms with Crippen molar-refractivity contribution < 1.29 is 28.5 Å². The van der Waals surface area contributed by atoms with Gasteiger partial charge < -0.3 is 18.9 Å². The number of hydrogen-bond donors (Lipinski definition) is 1. The fraction of sp³-hybridized carbons (Fsp3) is 0.167. The smallest absolute Gasteiger partial charge is 0.343 e. The second kappa shape index (κ2) is 13.4. The summed E-state index contributed by atoms with van der Waals surface area (Å²) >= 11 is 3.54. The van der Waals surface area contributed by atoms with Gasteiger partial charge in [-0.2, -0.15) is 5.10 Å². The molecule has 1 amide bonds. The monoisotopic (exact) mass is 590 g/mol. The van der Waals surface area contributed by atoms with Gasteiger partial charge in [-0.1, -0.05) is 30.3 Å². The molecular weight excluding hydrogens is 564 g/mol. The molecule has 0 radical (unpaired) electrons. The molecule has 1 N–H and O–H groups in total. The Morgan fingerprint density at radius 3 is 2.36 bits per heavy atom. The Kier molecular flexibility index (Phi) is 9.53. The predicted molar refractivity (Wildman–Crippen MR) is 153 cm³/mol. The van der Waals surface area contributed by atoms with Crippen LogP contribution in [-0.4, -0.2) is 37.9 Å². The summed E-state index contributed by atoms with van der Waals surface area (Å²) in [5.41, 5.74) is 3.46. The fourth-order valence-electron chi connectivity index (χ4n) is 3.65. The molecule has 0 atom stereocenters. The second-order valence-electron chi connectivity index (χ2n) is 8.17. The highest BCUT2D eigenvalue weighted by Crippen LogP contribution is 2.33. The molecule has 0 aliphatic heterocycles. The maximum atomic E-state index is 12.6. The number of nitrogens with zero attached hydrogens (tertiary/aromatic N) is 1. The molecule has 0 spiro atoms. The van der Waals surface area contributed by atoms with Crippen LogP contribution in [0.15, 0.2) is 88.4 Å². The fourth-order valence-corrected chi connectivity index (χ4v) is 4.26. The van der Waals surface area contributed by atoms with Crippen molar-refractivity contribution >= 4 is 44.8 Å². The molecule has 0 heterocycles. The zero-order valence-electron chi connectivity index (χ0n) is 21.5. The number of fused-ring (bicyclic) bond motifs is 1. The van der Waals surface area contributed by atoms with Gasteiger partial charge in [0, 0.05) is 0 Å². The number of ether oxygens (including phenoxy) is 4. The molecule has 200 valence electrons. The number of halogens is 1. The van der Waals surface area contributed by atoms with Gasteiger partial charge in [-0.15, -0.1) is 0 Å². The van der Waals surface area contributed by atoms with Crippen molar-refractivity contribution in [2.24, 2.45) is 5.10 Å². The van der Waals surface area contributed by atoms with Crippen molar-refractivity contribution in [3.63, 3.8) is 0 Å². The second-order valence-corrected chi connectivity index (χ2v) is 8.96. The summed E-state index contributed by atoms with van der Waals surface area (Å²) in [5.74, 6) is 0.934. The third-order valence-electron chi connectivity index (χ3n) is 5.46. The first kappa shape index (κ1) is 27.7. The lowest BCUT2D eigenvalue weighted by molar-refractivity contribution is -0.123. The standard InChI is InChI=1S/C30H27BrN2O6/c1-3-36-23-13-10-22(11-14-23)30(35)39-25-15-9-20(17-27(25)37-4-2)18-32-33-28(34)19-38-26-16-12-21-7-5-6-8-24(21)29(26)31/h5-18H,3-4,19H2,1-2H3,(H,33,34)/b32-18-. The zero-order valence-corrected chi connectivity index (χ0v) is 23.1. The van der Waals surface area contributed by atoms with Crippen LogP contribution in [0.1, 0.15) is 29.8 Å². The summed E-state index contributed by atoms with van der Waals surface area (Å²) in [6.07, 6.45) is 1.46. The third-order valence-corrected chi connectivity index (χ3v) is 6.28. The topological polar surface area (TPSA) is 95.5 Å². The molecular formula is C30H27BrN2O6. The van der Waals surface area contributed by atoms with E-state index in [1.165, 1.54) is 6.21 Å². The van der Waals surface area contributed by atoms with Crippen molar-refractivity contribution in [3.05, 3.63) is 94.5 Å². The third kappa shape index (κ3) is 7.36. The molecule has 0 bridgehead atoms. The number of hydrazone groups is 1. The van der Waals surface area contributed by atoms with E-state index in [0.717, 1.165) is 15.2 Å². The van der Waals surface area contributed by atoms with Crippen molar-refractivity contribution in [1.29, 1.82) is 0 Å². The van der Waals surface area contributed by atoms with Gasteiger partial charge in [-0.3, -0.25) is 4.79 Å². The minimum absolute atomic E-state index is 0.209. The first-order chi connectivity index (χ1) is 19.0. The van der Waals surface area contributed by atoms with E-state index in [-0.39, 0.29) is 12.4 Å². The van der Waals surface area contributed by atoms with Gasteiger partial charge in [-0.05, 0) is 94.6 Å². The molecule has 0 saturated carbocycles. The number of carbonyl (C=O) groups is 2. The van der Waals surface area contributed by atoms with Crippen molar-refractivity contribution in [2.45, 2.75) is 13.8 Å². The summed E-state index contributed by atoms with van der Waals surface area (Å²) < 4.78 is 23.0. The summed E-state index contributed by atoms with van der Waals surface area (Å²) in [7, 11) is 0. The quantitative estimate of drug-likeness (QED) is 0.0974. The van der Waals surface area contributed by atoms with Crippen LogP contribution in [0.3, 0.4) is 0 Å². The van der Waals surface area contributed by atoms with Gasteiger partial charge in [0.05, 0.1) is 29.5 Å². The number of rotatable bonds is 11. The molecule has 4 aromatic carbocycles. The summed E-state index contributed by atoms with van der Waals surface area (Å²) in [5, 5.41) is 6.05. The van der Waals surface area contributed by atoms with Crippen LogP contribution in [0.5, 0.6) is 23.0 Å². The van der Waals surface area contributed by atoms with Crippen LogP contribution in [0.2, 0.25) is 0 Å². The van der Waals surface area contributed by atoms with Gasteiger partial charge in [-0.25, -0.2) is 10.2 Å². The molecule has 0 aromatic heterocycles. The Labute approximate surface area is 234 Å². The summed E-state index contributed by atoms with van der Waals surface area (Å²) in [4.78, 5) is 24.9. The first-order valence-electron chi connectivity index (χ1n) is 12.3. The maximum Gasteiger partial charge on any atom is 0.343 e. The number of hydrogen-bond acceptors (Lipinski definition) is 7. The lowest BCUT2D eigenvalue weighted by atomic mass is 10.1. The molecule has 0 fully saturated rings. The van der Waals surface area contributed by atoms with E-state index in [1.807, 2.05) is 50.2 Å². The van der Waals surface area contributed by atoms with Crippen molar-refractivity contribution in [2.75, 3.05) is 19.8 Å². The van der Waals surface area contributed by atoms with E-state index in [9.17, 15) is 9.59 Å². The minimum Gasteiger partial charge on any atom is -0.494 e. The van der Waals surface area contributed by atoms with Crippen LogP contribution in [-0.2, 0) is 4.79 Å². The Morgan fingerprint density at radius 1 is 0.846 bits per heavy atom. The number of esters is 1. The Morgan fingerprint density at radius 2 is 1.59 bits per heavy atom. The molecule has 0 saturated heterocycles. The molecule has 4 aromatic rings. The number of carbonyl (C=O) groups excluding carboxylic acids is 2. The first-order valence-corrected chi connectivity index (χ1v) is 13.1. The molecule has 4 rings (SSSR count). The zero-order chi connectivity index (χ0) is 27.6. The highest BCUT2D eigenvalue weighted by Gasteiger charge is 2.14. The molecule has 0 unspecified atom stereocenters. The van der Waals surface area contributed by atoms with Crippen LogP contribution in [0, 0.1) is 0 Å². The molecule has 0 aliphatic rings. The lowest BCUT2D eigenvalue weighted by Gasteiger charge is -2.12. The molecule has 8 nitrogen and oxygen atoms in total. The van der Waals surface area contributed by atoms with Crippen molar-refractivity contribution in [3.8, 4) is 23.0 Å². The van der Waals surface area contributed by atoms with E-state index in [2.05, 4.69) is 26.5 Å². The Bertz CT molecular complexity index is 1490. The number of amides is 1. The molecule has 9 heteroatoms.